The van der Waals surface area contributed by atoms with Gasteiger partial charge in [-0.25, -0.2) is 4.99 Å². The van der Waals surface area contributed by atoms with Gasteiger partial charge in [0.05, 0.1) is 6.10 Å². The number of benzene rings is 3. The molecule has 2 atom stereocenters. The number of hydrogen-bond acceptors (Lipinski definition) is 5. The zero-order valence-electron chi connectivity index (χ0n) is 18.0. The summed E-state index contributed by atoms with van der Waals surface area (Å²) in [6.07, 6.45) is 2.91. The van der Waals surface area contributed by atoms with E-state index in [1.165, 1.54) is 0 Å². The van der Waals surface area contributed by atoms with Crippen molar-refractivity contribution in [2.75, 3.05) is 18.4 Å². The summed E-state index contributed by atoms with van der Waals surface area (Å²) in [5, 5.41) is 18.3. The van der Waals surface area contributed by atoms with Crippen LogP contribution in [0.25, 0.3) is 10.8 Å². The fourth-order valence-corrected chi connectivity index (χ4v) is 4.44. The molecule has 3 aromatic rings. The van der Waals surface area contributed by atoms with Gasteiger partial charge in [-0.05, 0) is 53.1 Å². The van der Waals surface area contributed by atoms with E-state index in [4.69, 9.17) is 11.6 Å². The largest absolute Gasteiger partial charge is 0.391 e. The van der Waals surface area contributed by atoms with Crippen molar-refractivity contribution in [1.29, 1.82) is 0 Å². The van der Waals surface area contributed by atoms with Crippen LogP contribution in [-0.4, -0.2) is 46.4 Å². The van der Waals surface area contributed by atoms with Gasteiger partial charge < -0.3 is 20.6 Å². The van der Waals surface area contributed by atoms with Crippen molar-refractivity contribution in [2.45, 2.75) is 24.4 Å². The predicted molar refractivity (Wildman–Crippen MR) is 133 cm³/mol. The van der Waals surface area contributed by atoms with Crippen LogP contribution in [0.1, 0.15) is 22.3 Å². The fourth-order valence-electron chi connectivity index (χ4n) is 4.21. The molecular weight excluding hydrogens is 436 g/mol. The minimum Gasteiger partial charge on any atom is -0.391 e. The monoisotopic (exact) mass is 460 g/mol. The number of aliphatic hydroxyl groups is 1. The average molecular weight is 461 g/mol. The second-order valence-electron chi connectivity index (χ2n) is 8.40. The molecule has 0 saturated carbocycles. The van der Waals surface area contributed by atoms with Crippen LogP contribution in [0.2, 0.25) is 0 Å². The molecule has 3 aromatic carbocycles. The number of aliphatic imine (C=N–C) groups is 1. The Morgan fingerprint density at radius 3 is 2.67 bits per heavy atom. The van der Waals surface area contributed by atoms with Crippen molar-refractivity contribution in [1.82, 2.24) is 10.2 Å². The number of halogens is 1. The van der Waals surface area contributed by atoms with Gasteiger partial charge in [0, 0.05) is 30.8 Å². The first-order valence-corrected chi connectivity index (χ1v) is 11.5. The molecule has 3 N–H and O–H groups in total. The summed E-state index contributed by atoms with van der Waals surface area (Å²) in [7, 11) is 0. The second kappa shape index (κ2) is 9.25. The summed E-state index contributed by atoms with van der Waals surface area (Å²) in [5.41, 5.74) is 1.97. The Morgan fingerprint density at radius 1 is 1.12 bits per heavy atom. The van der Waals surface area contributed by atoms with Crippen LogP contribution in [0, 0.1) is 0 Å². The third kappa shape index (κ3) is 5.02. The maximum absolute atomic E-state index is 12.7. The first kappa shape index (κ1) is 21.5. The maximum atomic E-state index is 12.7. The van der Waals surface area contributed by atoms with Crippen molar-refractivity contribution >= 4 is 39.8 Å². The number of rotatable bonds is 5. The van der Waals surface area contributed by atoms with Crippen LogP contribution < -0.4 is 10.6 Å². The number of anilines is 1. The van der Waals surface area contributed by atoms with Crippen LogP contribution in [0.4, 0.5) is 5.69 Å². The van der Waals surface area contributed by atoms with Gasteiger partial charge in [-0.15, -0.1) is 0 Å². The Kier molecular flexibility index (Phi) is 6.03. The van der Waals surface area contributed by atoms with Crippen molar-refractivity contribution in [3.8, 4) is 0 Å². The van der Waals surface area contributed by atoms with Crippen LogP contribution in [0.3, 0.4) is 0 Å². The molecule has 0 aromatic heterocycles. The molecule has 0 bridgehead atoms. The predicted octanol–water partition coefficient (Wildman–Crippen LogP) is 4.11. The van der Waals surface area contributed by atoms with Gasteiger partial charge >= 0.3 is 0 Å². The minimum absolute atomic E-state index is 0.139. The molecular formula is C26H25ClN4O2. The van der Waals surface area contributed by atoms with E-state index < -0.39 is 5.50 Å². The van der Waals surface area contributed by atoms with Gasteiger partial charge in [0.1, 0.15) is 17.2 Å². The van der Waals surface area contributed by atoms with Crippen LogP contribution in [0.15, 0.2) is 83.6 Å². The van der Waals surface area contributed by atoms with Crippen LogP contribution in [0.5, 0.6) is 0 Å². The smallest absolute Gasteiger partial charge is 0.255 e. The molecule has 7 heteroatoms. The van der Waals surface area contributed by atoms with E-state index in [2.05, 4.69) is 20.5 Å². The summed E-state index contributed by atoms with van der Waals surface area (Å²) in [4.78, 5) is 19.3. The number of hydrogen-bond donors (Lipinski definition) is 3. The first-order chi connectivity index (χ1) is 16.0. The van der Waals surface area contributed by atoms with E-state index in [0.717, 1.165) is 46.6 Å². The number of amidine groups is 1. The van der Waals surface area contributed by atoms with E-state index in [9.17, 15) is 9.90 Å². The molecule has 0 aliphatic carbocycles. The lowest BCUT2D eigenvalue weighted by Gasteiger charge is -2.27. The van der Waals surface area contributed by atoms with Gasteiger partial charge in [-0.2, -0.15) is 0 Å². The van der Waals surface area contributed by atoms with E-state index in [-0.39, 0.29) is 12.0 Å². The highest BCUT2D eigenvalue weighted by Gasteiger charge is 2.25. The summed E-state index contributed by atoms with van der Waals surface area (Å²) in [6.45, 7) is 1.39. The number of amides is 1. The molecule has 5 rings (SSSR count). The average Bonchev–Trinajstić information content (AvgIpc) is 3.26. The summed E-state index contributed by atoms with van der Waals surface area (Å²) in [6, 6.07) is 21.4. The van der Waals surface area contributed by atoms with Crippen molar-refractivity contribution in [3.05, 3.63) is 89.8 Å². The number of nitrogens with zero attached hydrogens (tertiary/aromatic N) is 2. The quantitative estimate of drug-likeness (QED) is 0.395. The number of carbonyl (C=O) groups excluding carboxylic acids is 1. The lowest BCUT2D eigenvalue weighted by atomic mass is 10.1. The Hall–Kier alpha value is -3.35. The number of nitrogens with one attached hydrogen (secondary N) is 2. The summed E-state index contributed by atoms with van der Waals surface area (Å²) >= 11 is 6.32. The molecule has 0 spiro atoms. The number of carbonyl (C=O) groups is 1. The normalized spacial score (nSPS) is 20.2. The zero-order chi connectivity index (χ0) is 22.8. The standard InChI is InChI=1S/C26H25ClN4O2/c27-23-15-25(31-12-11-22(32)16-31)30-24(29-23)13-17-5-9-21(10-6-17)28-26(33)20-8-7-18-3-1-2-4-19(18)14-20/h1-10,14-15,22-23,32H,11-13,16H2,(H,28,33)(H,29,30). The molecule has 2 aliphatic rings. The minimum atomic E-state index is -0.436. The van der Waals surface area contributed by atoms with Crippen LogP contribution in [-0.2, 0) is 6.42 Å². The highest BCUT2D eigenvalue weighted by Crippen LogP contribution is 2.20. The number of aliphatic hydroxyl groups excluding tert-OH is 1. The van der Waals surface area contributed by atoms with E-state index in [1.54, 1.807) is 0 Å². The molecule has 1 amide bonds. The van der Waals surface area contributed by atoms with Gasteiger partial charge in [-0.3, -0.25) is 4.79 Å². The first-order valence-electron chi connectivity index (χ1n) is 11.1. The second-order valence-corrected chi connectivity index (χ2v) is 8.85. The number of likely N-dealkylation sites (tertiary alicyclic amines) is 1. The highest BCUT2D eigenvalue weighted by atomic mass is 35.5. The molecule has 0 radical (unpaired) electrons. The van der Waals surface area contributed by atoms with E-state index in [1.807, 2.05) is 72.8 Å². The Balaban J connectivity index is 1.22. The number of β-amino-alcohol motifs (C(OH)–C–C–N with tert-alkyl or cyclic N) is 1. The van der Waals surface area contributed by atoms with Gasteiger partial charge in [0.25, 0.3) is 5.91 Å². The van der Waals surface area contributed by atoms with Crippen molar-refractivity contribution in [2.24, 2.45) is 4.99 Å². The third-order valence-corrected chi connectivity index (χ3v) is 6.17. The molecule has 2 unspecified atom stereocenters. The number of fused-ring (bicyclic) bond motifs is 1. The van der Waals surface area contributed by atoms with Crippen molar-refractivity contribution in [3.63, 3.8) is 0 Å². The molecule has 1 fully saturated rings. The zero-order valence-corrected chi connectivity index (χ0v) is 18.8. The SMILES string of the molecule is O=C(Nc1ccc(CC2=NC(Cl)C=C(N3CCC(O)C3)N2)cc1)c1ccc2ccccc2c1. The van der Waals surface area contributed by atoms with Gasteiger partial charge in [0.15, 0.2) is 0 Å². The Bertz CT molecular complexity index is 1240. The van der Waals surface area contributed by atoms with Gasteiger partial charge in [0.2, 0.25) is 0 Å². The lowest BCUT2D eigenvalue weighted by molar-refractivity contribution is 0.102. The lowest BCUT2D eigenvalue weighted by Crippen LogP contribution is -2.38. The van der Waals surface area contributed by atoms with Gasteiger partial charge in [-0.1, -0.05) is 54.1 Å². The summed E-state index contributed by atoms with van der Waals surface area (Å²) < 4.78 is 0. The van der Waals surface area contributed by atoms with E-state index in [0.29, 0.717) is 18.5 Å². The fraction of sp³-hybridized carbons (Fsp3) is 0.231. The van der Waals surface area contributed by atoms with Crippen LogP contribution >= 0.6 is 11.6 Å². The topological polar surface area (TPSA) is 77.0 Å². The third-order valence-electron chi connectivity index (χ3n) is 5.95. The molecule has 168 valence electrons. The molecule has 33 heavy (non-hydrogen) atoms. The Labute approximate surface area is 197 Å². The molecule has 6 nitrogen and oxygen atoms in total. The summed E-state index contributed by atoms with van der Waals surface area (Å²) in [5.74, 6) is 1.54. The Morgan fingerprint density at radius 2 is 1.91 bits per heavy atom. The number of alkyl halides is 1. The molecule has 1 saturated heterocycles. The highest BCUT2D eigenvalue weighted by molar-refractivity contribution is 6.22. The van der Waals surface area contributed by atoms with Crippen molar-refractivity contribution < 1.29 is 9.90 Å². The van der Waals surface area contributed by atoms with E-state index >= 15 is 0 Å². The molecule has 2 heterocycles. The molecule has 2 aliphatic heterocycles. The maximum Gasteiger partial charge on any atom is 0.255 e.